The summed E-state index contributed by atoms with van der Waals surface area (Å²) in [4.78, 5) is 0. The van der Waals surface area contributed by atoms with Crippen LogP contribution in [0.5, 0.6) is 0 Å². The van der Waals surface area contributed by atoms with E-state index in [0.29, 0.717) is 0 Å². The van der Waals surface area contributed by atoms with Gasteiger partial charge in [-0.2, -0.15) is 0 Å². The van der Waals surface area contributed by atoms with Gasteiger partial charge in [-0.05, 0) is 19.3 Å². The second-order valence-electron chi connectivity index (χ2n) is 3.84. The molecule has 0 spiro atoms. The van der Waals surface area contributed by atoms with E-state index in [1.807, 2.05) is 0 Å². The summed E-state index contributed by atoms with van der Waals surface area (Å²) >= 11 is 0. The minimum atomic E-state index is 0.922. The van der Waals surface area contributed by atoms with Crippen molar-refractivity contribution in [3.05, 3.63) is 12.3 Å². The number of nitrogens with one attached hydrogen (secondary N) is 1. The molecule has 12 heavy (non-hydrogen) atoms. The fraction of sp³-hybridized carbons (Fsp3) is 0.818. The van der Waals surface area contributed by atoms with E-state index < -0.39 is 0 Å². The normalized spacial score (nSPS) is 19.1. The van der Waals surface area contributed by atoms with Crippen molar-refractivity contribution >= 4 is 0 Å². The molecule has 0 heterocycles. The second-order valence-corrected chi connectivity index (χ2v) is 3.84. The van der Waals surface area contributed by atoms with E-state index in [9.17, 15) is 0 Å². The summed E-state index contributed by atoms with van der Waals surface area (Å²) in [5.74, 6) is 0.922. The highest BCUT2D eigenvalue weighted by molar-refractivity contribution is 4.93. The third-order valence-corrected chi connectivity index (χ3v) is 2.69. The molecule has 1 rings (SSSR count). The topological polar surface area (TPSA) is 12.0 Å². The molecule has 0 amide bonds. The lowest BCUT2D eigenvalue weighted by Gasteiger charge is -2.22. The lowest BCUT2D eigenvalue weighted by atomic mass is 9.86. The van der Waals surface area contributed by atoms with E-state index in [-0.39, 0.29) is 0 Å². The van der Waals surface area contributed by atoms with Crippen LogP contribution in [0.25, 0.3) is 0 Å². The first-order valence-electron chi connectivity index (χ1n) is 5.24. The maximum Gasteiger partial charge on any atom is 0.0115 e. The molecule has 1 aliphatic carbocycles. The van der Waals surface area contributed by atoms with E-state index in [1.165, 1.54) is 44.2 Å². The van der Waals surface area contributed by atoms with Crippen molar-refractivity contribution in [2.45, 2.75) is 45.4 Å². The van der Waals surface area contributed by atoms with Crippen LogP contribution in [0.15, 0.2) is 12.3 Å². The molecule has 1 aliphatic rings. The molecular weight excluding hydrogens is 146 g/mol. The highest BCUT2D eigenvalue weighted by Crippen LogP contribution is 2.27. The maximum absolute atomic E-state index is 4.03. The molecule has 0 aromatic heterocycles. The first kappa shape index (κ1) is 9.63. The Morgan fingerprint density at radius 2 is 2.00 bits per heavy atom. The van der Waals surface area contributed by atoms with E-state index >= 15 is 0 Å². The van der Waals surface area contributed by atoms with Crippen molar-refractivity contribution in [2.24, 2.45) is 5.92 Å². The first-order chi connectivity index (χ1) is 5.83. The molecular formula is C11H21N. The lowest BCUT2D eigenvalue weighted by molar-refractivity contribution is 0.351. The maximum atomic E-state index is 4.03. The van der Waals surface area contributed by atoms with Gasteiger partial charge in [-0.1, -0.05) is 38.7 Å². The van der Waals surface area contributed by atoms with Crippen molar-refractivity contribution in [1.82, 2.24) is 5.32 Å². The van der Waals surface area contributed by atoms with Crippen molar-refractivity contribution in [3.63, 3.8) is 0 Å². The van der Waals surface area contributed by atoms with Crippen LogP contribution in [-0.4, -0.2) is 6.54 Å². The van der Waals surface area contributed by atoms with Crippen molar-refractivity contribution in [3.8, 4) is 0 Å². The molecule has 0 bridgehead atoms. The van der Waals surface area contributed by atoms with Gasteiger partial charge in [-0.3, -0.25) is 0 Å². The number of hydrogen-bond acceptors (Lipinski definition) is 1. The van der Waals surface area contributed by atoms with Gasteiger partial charge in [0.25, 0.3) is 0 Å². The fourth-order valence-corrected chi connectivity index (χ4v) is 2.06. The average molecular weight is 167 g/mol. The van der Waals surface area contributed by atoms with Crippen molar-refractivity contribution < 1.29 is 0 Å². The summed E-state index contributed by atoms with van der Waals surface area (Å²) in [5.41, 5.74) is 1.24. The molecule has 0 aromatic rings. The quantitative estimate of drug-likeness (QED) is 0.678. The Hall–Kier alpha value is -0.460. The van der Waals surface area contributed by atoms with Crippen LogP contribution in [0, 0.1) is 5.92 Å². The van der Waals surface area contributed by atoms with Crippen LogP contribution in [0.3, 0.4) is 0 Å². The zero-order chi connectivity index (χ0) is 8.81. The summed E-state index contributed by atoms with van der Waals surface area (Å²) in [6.45, 7) is 7.18. The van der Waals surface area contributed by atoms with Crippen LogP contribution >= 0.6 is 0 Å². The van der Waals surface area contributed by atoms with Gasteiger partial charge < -0.3 is 5.32 Å². The predicted octanol–water partition coefficient (Wildman–Crippen LogP) is 3.08. The minimum absolute atomic E-state index is 0.922. The number of allylic oxidation sites excluding steroid dienone is 1. The van der Waals surface area contributed by atoms with Crippen LogP contribution in [0.2, 0.25) is 0 Å². The molecule has 70 valence electrons. The molecule has 1 heteroatoms. The third kappa shape index (κ3) is 3.29. The molecule has 1 fully saturated rings. The van der Waals surface area contributed by atoms with Crippen LogP contribution in [-0.2, 0) is 0 Å². The minimum Gasteiger partial charge on any atom is -0.389 e. The predicted molar refractivity (Wildman–Crippen MR) is 54.0 cm³/mol. The standard InChI is InChI=1S/C11H21N/c1-3-12-10(2)9-11-7-5-4-6-8-11/h11-12H,2-9H2,1H3. The smallest absolute Gasteiger partial charge is 0.0115 e. The van der Waals surface area contributed by atoms with Gasteiger partial charge in [-0.15, -0.1) is 0 Å². The molecule has 0 aromatic carbocycles. The van der Waals surface area contributed by atoms with E-state index in [2.05, 4.69) is 18.8 Å². The van der Waals surface area contributed by atoms with Gasteiger partial charge in [0.05, 0.1) is 0 Å². The Morgan fingerprint density at radius 1 is 1.33 bits per heavy atom. The second kappa shape index (κ2) is 5.23. The first-order valence-corrected chi connectivity index (χ1v) is 5.24. The molecule has 0 unspecified atom stereocenters. The lowest BCUT2D eigenvalue weighted by Crippen LogP contribution is -2.16. The zero-order valence-corrected chi connectivity index (χ0v) is 8.23. The number of hydrogen-bond donors (Lipinski definition) is 1. The summed E-state index contributed by atoms with van der Waals surface area (Å²) in [5, 5.41) is 3.30. The van der Waals surface area contributed by atoms with Gasteiger partial charge in [0.2, 0.25) is 0 Å². The number of rotatable bonds is 4. The molecule has 0 aliphatic heterocycles. The Kier molecular flexibility index (Phi) is 4.20. The van der Waals surface area contributed by atoms with Crippen LogP contribution in [0.4, 0.5) is 0 Å². The van der Waals surface area contributed by atoms with E-state index in [4.69, 9.17) is 0 Å². The highest BCUT2D eigenvalue weighted by Gasteiger charge is 2.13. The van der Waals surface area contributed by atoms with Gasteiger partial charge >= 0.3 is 0 Å². The van der Waals surface area contributed by atoms with Crippen molar-refractivity contribution in [2.75, 3.05) is 6.54 Å². The molecule has 0 saturated heterocycles. The van der Waals surface area contributed by atoms with Gasteiger partial charge in [0, 0.05) is 12.2 Å². The summed E-state index contributed by atoms with van der Waals surface area (Å²) in [6, 6.07) is 0. The fourth-order valence-electron chi connectivity index (χ4n) is 2.06. The Bertz CT molecular complexity index is 134. The monoisotopic (exact) mass is 167 g/mol. The third-order valence-electron chi connectivity index (χ3n) is 2.69. The zero-order valence-electron chi connectivity index (χ0n) is 8.23. The molecule has 0 radical (unpaired) electrons. The Morgan fingerprint density at radius 3 is 2.58 bits per heavy atom. The SMILES string of the molecule is C=C(CC1CCCCC1)NCC. The molecule has 1 N–H and O–H groups in total. The Balaban J connectivity index is 2.15. The van der Waals surface area contributed by atoms with Crippen molar-refractivity contribution in [1.29, 1.82) is 0 Å². The molecule has 1 nitrogen and oxygen atoms in total. The molecule has 1 saturated carbocycles. The van der Waals surface area contributed by atoms with Gasteiger partial charge in [-0.25, -0.2) is 0 Å². The van der Waals surface area contributed by atoms with Gasteiger partial charge in [0.1, 0.15) is 0 Å². The largest absolute Gasteiger partial charge is 0.389 e. The van der Waals surface area contributed by atoms with Crippen LogP contribution < -0.4 is 5.32 Å². The Labute approximate surface area is 76.2 Å². The van der Waals surface area contributed by atoms with Crippen LogP contribution in [0.1, 0.15) is 45.4 Å². The average Bonchev–Trinajstić information content (AvgIpc) is 2.06. The van der Waals surface area contributed by atoms with E-state index in [1.54, 1.807) is 0 Å². The summed E-state index contributed by atoms with van der Waals surface area (Å²) < 4.78 is 0. The highest BCUT2D eigenvalue weighted by atomic mass is 14.9. The van der Waals surface area contributed by atoms with E-state index in [0.717, 1.165) is 12.5 Å². The summed E-state index contributed by atoms with van der Waals surface area (Å²) in [7, 11) is 0. The molecule has 0 atom stereocenters. The van der Waals surface area contributed by atoms with Gasteiger partial charge in [0.15, 0.2) is 0 Å². The summed E-state index contributed by atoms with van der Waals surface area (Å²) in [6.07, 6.45) is 8.36.